The summed E-state index contributed by atoms with van der Waals surface area (Å²) in [5.74, 6) is 0. The summed E-state index contributed by atoms with van der Waals surface area (Å²) in [7, 11) is 0. The van der Waals surface area contributed by atoms with Crippen molar-refractivity contribution in [3.8, 4) is 0 Å². The van der Waals surface area contributed by atoms with Crippen molar-refractivity contribution in [2.45, 2.75) is 26.3 Å². The van der Waals surface area contributed by atoms with E-state index in [1.165, 1.54) is 17.4 Å². The second-order valence-electron chi connectivity index (χ2n) is 4.37. The monoisotopic (exact) mass is 257 g/mol. The fraction of sp³-hybridized carbons (Fsp3) is 0.636. The molecule has 1 aliphatic rings. The van der Waals surface area contributed by atoms with Crippen LogP contribution in [0.15, 0.2) is 9.59 Å². The summed E-state index contributed by atoms with van der Waals surface area (Å²) >= 11 is 5.74. The Labute approximate surface area is 104 Å². The van der Waals surface area contributed by atoms with Gasteiger partial charge in [-0.3, -0.25) is 14.3 Å². The Morgan fingerprint density at radius 3 is 2.53 bits per heavy atom. The highest BCUT2D eigenvalue weighted by molar-refractivity contribution is 6.30. The summed E-state index contributed by atoms with van der Waals surface area (Å²) in [6.07, 6.45) is 2.40. The number of nitrogens with one attached hydrogen (secondary N) is 1. The summed E-state index contributed by atoms with van der Waals surface area (Å²) in [4.78, 5) is 28.2. The van der Waals surface area contributed by atoms with Gasteiger partial charge in [-0.2, -0.15) is 0 Å². The molecule has 1 aliphatic heterocycles. The molecule has 6 heteroatoms. The fourth-order valence-corrected chi connectivity index (χ4v) is 2.26. The molecule has 1 fully saturated rings. The van der Waals surface area contributed by atoms with E-state index in [0.29, 0.717) is 12.1 Å². The maximum Gasteiger partial charge on any atom is 0.329 e. The van der Waals surface area contributed by atoms with Crippen molar-refractivity contribution in [1.29, 1.82) is 0 Å². The molecule has 1 saturated heterocycles. The number of nitrogens with zero attached hydrogens (tertiary/aromatic N) is 2. The largest absolute Gasteiger partial charge is 0.329 e. The van der Waals surface area contributed by atoms with Crippen LogP contribution in [0.25, 0.3) is 0 Å². The fourth-order valence-electron chi connectivity index (χ4n) is 2.09. The SMILES string of the molecule is Cc1c(Cl)[nH]c(=O)n(CCN2CCCC2)c1=O. The van der Waals surface area contributed by atoms with Gasteiger partial charge in [-0.05, 0) is 32.9 Å². The smallest absolute Gasteiger partial charge is 0.302 e. The van der Waals surface area contributed by atoms with Crippen molar-refractivity contribution < 1.29 is 0 Å². The van der Waals surface area contributed by atoms with Gasteiger partial charge in [0.25, 0.3) is 5.56 Å². The van der Waals surface area contributed by atoms with Gasteiger partial charge in [0.1, 0.15) is 5.15 Å². The third-order valence-corrected chi connectivity index (χ3v) is 3.57. The van der Waals surface area contributed by atoms with Crippen LogP contribution in [0.3, 0.4) is 0 Å². The molecule has 0 radical (unpaired) electrons. The van der Waals surface area contributed by atoms with E-state index < -0.39 is 5.69 Å². The van der Waals surface area contributed by atoms with Crippen LogP contribution < -0.4 is 11.2 Å². The molecule has 0 aliphatic carbocycles. The Morgan fingerprint density at radius 2 is 1.88 bits per heavy atom. The minimum absolute atomic E-state index is 0.137. The third kappa shape index (κ3) is 2.61. The molecule has 0 saturated carbocycles. The highest BCUT2D eigenvalue weighted by Gasteiger charge is 2.13. The molecule has 0 spiro atoms. The molecule has 0 unspecified atom stereocenters. The molecule has 2 heterocycles. The van der Waals surface area contributed by atoms with Crippen molar-refractivity contribution in [3.05, 3.63) is 31.6 Å². The minimum atomic E-state index is -0.426. The molecule has 94 valence electrons. The summed E-state index contributed by atoms with van der Waals surface area (Å²) in [5, 5.41) is 0.137. The number of halogens is 1. The van der Waals surface area contributed by atoms with Gasteiger partial charge in [-0.1, -0.05) is 11.6 Å². The van der Waals surface area contributed by atoms with Crippen LogP contribution in [0.5, 0.6) is 0 Å². The van der Waals surface area contributed by atoms with Gasteiger partial charge < -0.3 is 4.90 Å². The Kier molecular flexibility index (Phi) is 3.69. The molecular formula is C11H16ClN3O2. The highest BCUT2D eigenvalue weighted by atomic mass is 35.5. The molecule has 1 N–H and O–H groups in total. The maximum absolute atomic E-state index is 11.9. The van der Waals surface area contributed by atoms with Gasteiger partial charge in [0, 0.05) is 18.7 Å². The van der Waals surface area contributed by atoms with Crippen LogP contribution in [0.1, 0.15) is 18.4 Å². The molecule has 17 heavy (non-hydrogen) atoms. The van der Waals surface area contributed by atoms with Crippen LogP contribution in [0.4, 0.5) is 0 Å². The van der Waals surface area contributed by atoms with Crippen LogP contribution in [-0.2, 0) is 6.54 Å². The van der Waals surface area contributed by atoms with E-state index in [2.05, 4.69) is 9.88 Å². The first-order valence-electron chi connectivity index (χ1n) is 5.81. The van der Waals surface area contributed by atoms with Gasteiger partial charge in [0.15, 0.2) is 0 Å². The van der Waals surface area contributed by atoms with E-state index in [9.17, 15) is 9.59 Å². The van der Waals surface area contributed by atoms with E-state index in [1.54, 1.807) is 6.92 Å². The normalized spacial score (nSPS) is 16.6. The second kappa shape index (κ2) is 5.06. The van der Waals surface area contributed by atoms with Crippen molar-refractivity contribution in [1.82, 2.24) is 14.5 Å². The second-order valence-corrected chi connectivity index (χ2v) is 4.75. The molecule has 0 atom stereocenters. The van der Waals surface area contributed by atoms with E-state index in [-0.39, 0.29) is 10.7 Å². The van der Waals surface area contributed by atoms with E-state index in [4.69, 9.17) is 11.6 Å². The minimum Gasteiger partial charge on any atom is -0.302 e. The number of hydrogen-bond donors (Lipinski definition) is 1. The third-order valence-electron chi connectivity index (χ3n) is 3.20. The molecule has 5 nitrogen and oxygen atoms in total. The summed E-state index contributed by atoms with van der Waals surface area (Å²) < 4.78 is 1.22. The molecule has 0 amide bonds. The highest BCUT2D eigenvalue weighted by Crippen LogP contribution is 2.07. The van der Waals surface area contributed by atoms with Crippen molar-refractivity contribution in [2.24, 2.45) is 0 Å². The number of hydrogen-bond acceptors (Lipinski definition) is 3. The van der Waals surface area contributed by atoms with Crippen molar-refractivity contribution in [3.63, 3.8) is 0 Å². The first kappa shape index (κ1) is 12.4. The molecule has 1 aromatic rings. The quantitative estimate of drug-likeness (QED) is 0.807. The van der Waals surface area contributed by atoms with Crippen LogP contribution in [-0.4, -0.2) is 34.1 Å². The predicted octanol–water partition coefficient (Wildman–Crippen LogP) is 0.594. The summed E-state index contributed by atoms with van der Waals surface area (Å²) in [5.41, 5.74) is -0.324. The Hall–Kier alpha value is -1.07. The number of H-pyrrole nitrogens is 1. The van der Waals surface area contributed by atoms with Gasteiger partial charge >= 0.3 is 5.69 Å². The Morgan fingerprint density at radius 1 is 1.24 bits per heavy atom. The van der Waals surface area contributed by atoms with Gasteiger partial charge in [0.2, 0.25) is 0 Å². The Balaban J connectivity index is 2.18. The molecule has 0 aromatic carbocycles. The maximum atomic E-state index is 11.9. The number of aromatic amines is 1. The van der Waals surface area contributed by atoms with Gasteiger partial charge in [0.05, 0.1) is 0 Å². The van der Waals surface area contributed by atoms with Gasteiger partial charge in [-0.25, -0.2) is 4.79 Å². The average Bonchev–Trinajstić information content (AvgIpc) is 2.79. The Bertz CT molecular complexity index is 514. The summed E-state index contributed by atoms with van der Waals surface area (Å²) in [6.45, 7) is 4.89. The zero-order valence-electron chi connectivity index (χ0n) is 9.83. The lowest BCUT2D eigenvalue weighted by Gasteiger charge is -2.15. The molecule has 1 aromatic heterocycles. The van der Waals surface area contributed by atoms with Gasteiger partial charge in [-0.15, -0.1) is 0 Å². The van der Waals surface area contributed by atoms with E-state index >= 15 is 0 Å². The van der Waals surface area contributed by atoms with Crippen LogP contribution in [0, 0.1) is 6.92 Å². The van der Waals surface area contributed by atoms with Crippen LogP contribution >= 0.6 is 11.6 Å². The molecule has 2 rings (SSSR count). The molecule has 0 bridgehead atoms. The average molecular weight is 258 g/mol. The van der Waals surface area contributed by atoms with E-state index in [1.807, 2.05) is 0 Å². The standard InChI is InChI=1S/C11H16ClN3O2/c1-8-9(12)13-11(17)15(10(8)16)7-6-14-4-2-3-5-14/h2-7H2,1H3,(H,13,17). The zero-order chi connectivity index (χ0) is 12.4. The first-order chi connectivity index (χ1) is 8.09. The van der Waals surface area contributed by atoms with Crippen molar-refractivity contribution >= 4 is 11.6 Å². The number of likely N-dealkylation sites (tertiary alicyclic amines) is 1. The van der Waals surface area contributed by atoms with E-state index in [0.717, 1.165) is 19.6 Å². The van der Waals surface area contributed by atoms with Crippen molar-refractivity contribution in [2.75, 3.05) is 19.6 Å². The zero-order valence-corrected chi connectivity index (χ0v) is 10.6. The molecular weight excluding hydrogens is 242 g/mol. The lowest BCUT2D eigenvalue weighted by atomic mass is 10.4. The van der Waals surface area contributed by atoms with Crippen LogP contribution in [0.2, 0.25) is 5.15 Å². The number of aromatic nitrogens is 2. The summed E-state index contributed by atoms with van der Waals surface area (Å²) in [6, 6.07) is 0. The number of rotatable bonds is 3. The lowest BCUT2D eigenvalue weighted by molar-refractivity contribution is 0.317. The first-order valence-corrected chi connectivity index (χ1v) is 6.19. The topological polar surface area (TPSA) is 58.1 Å². The lowest BCUT2D eigenvalue weighted by Crippen LogP contribution is -2.39. The predicted molar refractivity (Wildman–Crippen MR) is 66.7 cm³/mol.